The number of nitrogens with zero attached hydrogens (tertiary/aromatic N) is 1. The number of anilines is 1. The highest BCUT2D eigenvalue weighted by atomic mass is 35.5. The van der Waals surface area contributed by atoms with Crippen LogP contribution in [0.2, 0.25) is 5.02 Å². The van der Waals surface area contributed by atoms with Crippen LogP contribution < -0.4 is 4.90 Å². The summed E-state index contributed by atoms with van der Waals surface area (Å²) in [6, 6.07) is 7.17. The molecule has 0 unspecified atom stereocenters. The molecule has 0 saturated carbocycles. The maximum atomic E-state index is 12.4. The second-order valence-electron chi connectivity index (χ2n) is 5.09. The smallest absolute Gasteiger partial charge is 0.227 e. The molecular formula is C16H14ClNO2S. The molecule has 0 N–H and O–H groups in total. The molecule has 2 aromatic rings. The van der Waals surface area contributed by atoms with Gasteiger partial charge in [-0.25, -0.2) is 0 Å². The molecule has 1 aliphatic rings. The van der Waals surface area contributed by atoms with Crippen LogP contribution in [0.25, 0.3) is 0 Å². The maximum Gasteiger partial charge on any atom is 0.227 e. The molecule has 1 aromatic carbocycles. The van der Waals surface area contributed by atoms with Crippen LogP contribution in [0.5, 0.6) is 0 Å². The average Bonchev–Trinajstić information content (AvgIpc) is 3.06. The van der Waals surface area contributed by atoms with E-state index in [0.29, 0.717) is 21.9 Å². The maximum absolute atomic E-state index is 12.4. The van der Waals surface area contributed by atoms with Crippen molar-refractivity contribution in [1.29, 1.82) is 0 Å². The lowest BCUT2D eigenvalue weighted by molar-refractivity contribution is -0.117. The second-order valence-corrected chi connectivity index (χ2v) is 6.34. The van der Waals surface area contributed by atoms with Gasteiger partial charge in [-0.05, 0) is 48.6 Å². The summed E-state index contributed by atoms with van der Waals surface area (Å²) < 4.78 is 0. The molecule has 0 aliphatic carbocycles. The van der Waals surface area contributed by atoms with Gasteiger partial charge in [0.15, 0.2) is 0 Å². The monoisotopic (exact) mass is 319 g/mol. The fourth-order valence-electron chi connectivity index (χ4n) is 2.43. The van der Waals surface area contributed by atoms with Crippen molar-refractivity contribution < 1.29 is 9.59 Å². The number of rotatable bonds is 3. The minimum Gasteiger partial charge on any atom is -0.312 e. The molecule has 1 aliphatic heterocycles. The van der Waals surface area contributed by atoms with Gasteiger partial charge in [-0.15, -0.1) is 11.3 Å². The molecule has 5 heteroatoms. The highest BCUT2D eigenvalue weighted by molar-refractivity contribution is 7.13. The second kappa shape index (κ2) is 5.62. The fourth-order valence-corrected chi connectivity index (χ4v) is 3.67. The van der Waals surface area contributed by atoms with Gasteiger partial charge in [0.05, 0.1) is 9.90 Å². The van der Waals surface area contributed by atoms with Gasteiger partial charge >= 0.3 is 0 Å². The number of hydrogen-bond acceptors (Lipinski definition) is 3. The molecule has 0 bridgehead atoms. The first-order chi connectivity index (χ1) is 10.1. The number of hydrogen-bond donors (Lipinski definition) is 0. The fraction of sp³-hybridized carbons (Fsp3) is 0.250. The van der Waals surface area contributed by atoms with Crippen LogP contribution >= 0.6 is 22.9 Å². The Morgan fingerprint density at radius 1 is 1.29 bits per heavy atom. The van der Waals surface area contributed by atoms with Gasteiger partial charge in [0.1, 0.15) is 0 Å². The lowest BCUT2D eigenvalue weighted by Crippen LogP contribution is -2.23. The summed E-state index contributed by atoms with van der Waals surface area (Å²) in [7, 11) is 0. The van der Waals surface area contributed by atoms with E-state index in [0.717, 1.165) is 24.2 Å². The lowest BCUT2D eigenvalue weighted by Gasteiger charge is -2.15. The molecule has 21 heavy (non-hydrogen) atoms. The van der Waals surface area contributed by atoms with Crippen molar-refractivity contribution in [2.75, 3.05) is 11.4 Å². The Morgan fingerprint density at radius 2 is 2.00 bits per heavy atom. The molecule has 2 heterocycles. The van der Waals surface area contributed by atoms with E-state index in [1.54, 1.807) is 17.0 Å². The summed E-state index contributed by atoms with van der Waals surface area (Å²) in [5.74, 6) is 0.0726. The van der Waals surface area contributed by atoms with E-state index in [-0.39, 0.29) is 11.7 Å². The van der Waals surface area contributed by atoms with Crippen LogP contribution in [0, 0.1) is 6.92 Å². The predicted molar refractivity (Wildman–Crippen MR) is 85.5 cm³/mol. The number of thiophene rings is 1. The molecule has 0 atom stereocenters. The molecule has 0 spiro atoms. The molecule has 1 amide bonds. The van der Waals surface area contributed by atoms with Crippen LogP contribution in [0.1, 0.15) is 33.6 Å². The van der Waals surface area contributed by atoms with Crippen LogP contribution in [0.4, 0.5) is 5.69 Å². The van der Waals surface area contributed by atoms with Crippen LogP contribution in [0.15, 0.2) is 29.6 Å². The minimum absolute atomic E-state index is 0.0719. The molecule has 1 fully saturated rings. The van der Waals surface area contributed by atoms with Crippen molar-refractivity contribution in [3.8, 4) is 0 Å². The number of carbonyl (C=O) groups excluding carboxylic acids is 2. The predicted octanol–water partition coefficient (Wildman–Crippen LogP) is 4.07. The van der Waals surface area contributed by atoms with Crippen molar-refractivity contribution in [3.05, 3.63) is 50.7 Å². The van der Waals surface area contributed by atoms with Crippen LogP contribution in [0.3, 0.4) is 0 Å². The van der Waals surface area contributed by atoms with E-state index >= 15 is 0 Å². The Labute approximate surface area is 132 Å². The molecule has 3 rings (SSSR count). The number of amides is 1. The van der Waals surface area contributed by atoms with Gasteiger partial charge in [0.2, 0.25) is 11.7 Å². The Kier molecular flexibility index (Phi) is 3.83. The number of ketones is 1. The Morgan fingerprint density at radius 3 is 2.52 bits per heavy atom. The third kappa shape index (κ3) is 2.61. The van der Waals surface area contributed by atoms with Crippen molar-refractivity contribution in [2.45, 2.75) is 19.8 Å². The molecular weight excluding hydrogens is 306 g/mol. The van der Waals surface area contributed by atoms with Crippen molar-refractivity contribution in [2.24, 2.45) is 0 Å². The van der Waals surface area contributed by atoms with E-state index in [1.165, 1.54) is 11.3 Å². The first kappa shape index (κ1) is 14.3. The lowest BCUT2D eigenvalue weighted by atomic mass is 10.1. The van der Waals surface area contributed by atoms with E-state index in [9.17, 15) is 9.59 Å². The zero-order valence-corrected chi connectivity index (χ0v) is 13.1. The average molecular weight is 320 g/mol. The first-order valence-electron chi connectivity index (χ1n) is 6.76. The molecule has 0 radical (unpaired) electrons. The van der Waals surface area contributed by atoms with E-state index in [2.05, 4.69) is 0 Å². The van der Waals surface area contributed by atoms with Crippen LogP contribution in [-0.2, 0) is 4.79 Å². The summed E-state index contributed by atoms with van der Waals surface area (Å²) in [5, 5.41) is 2.41. The summed E-state index contributed by atoms with van der Waals surface area (Å²) in [5.41, 5.74) is 2.36. The molecule has 108 valence electrons. The SMILES string of the molecule is Cc1csc(C(=O)c2ccc(N3CCCC3=O)cc2)c1Cl. The Bertz CT molecular complexity index is 706. The molecule has 3 nitrogen and oxygen atoms in total. The number of carbonyl (C=O) groups is 2. The molecule has 1 aromatic heterocycles. The van der Waals surface area contributed by atoms with E-state index in [1.807, 2.05) is 24.4 Å². The first-order valence-corrected chi connectivity index (χ1v) is 8.02. The van der Waals surface area contributed by atoms with Gasteiger partial charge in [-0.3, -0.25) is 9.59 Å². The minimum atomic E-state index is -0.0719. The standard InChI is InChI=1S/C16H14ClNO2S/c1-10-9-21-16(14(10)17)15(20)11-4-6-12(7-5-11)18-8-2-3-13(18)19/h4-7,9H,2-3,8H2,1H3. The summed E-state index contributed by atoms with van der Waals surface area (Å²) in [4.78, 5) is 26.5. The summed E-state index contributed by atoms with van der Waals surface area (Å²) in [6.07, 6.45) is 1.49. The van der Waals surface area contributed by atoms with Crippen molar-refractivity contribution >= 4 is 40.3 Å². The van der Waals surface area contributed by atoms with Gasteiger partial charge in [-0.1, -0.05) is 11.6 Å². The van der Waals surface area contributed by atoms with Gasteiger partial charge in [0, 0.05) is 24.2 Å². The Balaban J connectivity index is 1.85. The number of halogens is 1. The van der Waals surface area contributed by atoms with Gasteiger partial charge in [0.25, 0.3) is 0 Å². The highest BCUT2D eigenvalue weighted by Gasteiger charge is 2.22. The van der Waals surface area contributed by atoms with E-state index in [4.69, 9.17) is 11.6 Å². The zero-order valence-electron chi connectivity index (χ0n) is 11.6. The topological polar surface area (TPSA) is 37.4 Å². The van der Waals surface area contributed by atoms with Crippen LogP contribution in [-0.4, -0.2) is 18.2 Å². The summed E-state index contributed by atoms with van der Waals surface area (Å²) >= 11 is 7.51. The number of aryl methyl sites for hydroxylation is 1. The number of benzene rings is 1. The summed E-state index contributed by atoms with van der Waals surface area (Å²) in [6.45, 7) is 2.64. The zero-order chi connectivity index (χ0) is 15.0. The highest BCUT2D eigenvalue weighted by Crippen LogP contribution is 2.30. The molecule has 1 saturated heterocycles. The third-order valence-electron chi connectivity index (χ3n) is 3.62. The Hall–Kier alpha value is -1.65. The normalized spacial score (nSPS) is 14.8. The third-order valence-corrected chi connectivity index (χ3v) is 5.32. The largest absolute Gasteiger partial charge is 0.312 e. The van der Waals surface area contributed by atoms with Gasteiger partial charge < -0.3 is 4.90 Å². The quantitative estimate of drug-likeness (QED) is 0.800. The van der Waals surface area contributed by atoms with Crippen molar-refractivity contribution in [1.82, 2.24) is 0 Å². The van der Waals surface area contributed by atoms with E-state index < -0.39 is 0 Å². The van der Waals surface area contributed by atoms with Gasteiger partial charge in [-0.2, -0.15) is 0 Å². The van der Waals surface area contributed by atoms with Crippen molar-refractivity contribution in [3.63, 3.8) is 0 Å².